The van der Waals surface area contributed by atoms with E-state index < -0.39 is 0 Å². The second-order valence-electron chi connectivity index (χ2n) is 7.30. The summed E-state index contributed by atoms with van der Waals surface area (Å²) < 4.78 is 1.33. The maximum absolute atomic E-state index is 12.6. The lowest BCUT2D eigenvalue weighted by molar-refractivity contribution is 0.102. The van der Waals surface area contributed by atoms with Gasteiger partial charge in [-0.25, -0.2) is 0 Å². The fourth-order valence-corrected chi connectivity index (χ4v) is 3.98. The minimum absolute atomic E-state index is 0.245. The highest BCUT2D eigenvalue weighted by atomic mass is 35.5. The molecule has 7 heteroatoms. The molecule has 0 saturated carbocycles. The first-order valence-corrected chi connectivity index (χ1v) is 11.1. The molecule has 0 fully saturated rings. The zero-order chi connectivity index (χ0) is 22.7. The molecule has 0 bridgehead atoms. The van der Waals surface area contributed by atoms with E-state index in [1.807, 2.05) is 44.2 Å². The van der Waals surface area contributed by atoms with Crippen LogP contribution in [0.4, 0.5) is 5.69 Å². The molecule has 0 atom stereocenters. The normalized spacial score (nSPS) is 10.7. The van der Waals surface area contributed by atoms with E-state index >= 15 is 0 Å². The third kappa shape index (κ3) is 5.10. The van der Waals surface area contributed by atoms with Crippen LogP contribution in [0.5, 0.6) is 0 Å². The number of aromatic nitrogens is 2. The standard InChI is InChI=1S/C25H20ClN3O2S/c1-16-3-11-21(12-4-16)32-23-13-14-24(30)29(28-23)20-9-6-18(7-10-20)25(31)27-22-15-19(26)8-5-17(22)2/h3-15H,1-2H3,(H,27,31). The van der Waals surface area contributed by atoms with Crippen LogP contribution in [0.1, 0.15) is 21.5 Å². The molecule has 1 heterocycles. The van der Waals surface area contributed by atoms with E-state index in [0.717, 1.165) is 10.5 Å². The zero-order valence-corrected chi connectivity index (χ0v) is 19.1. The fourth-order valence-electron chi connectivity index (χ4n) is 3.04. The van der Waals surface area contributed by atoms with Gasteiger partial charge in [0.25, 0.3) is 11.5 Å². The van der Waals surface area contributed by atoms with Crippen LogP contribution in [0.3, 0.4) is 0 Å². The van der Waals surface area contributed by atoms with Gasteiger partial charge in [-0.1, -0.05) is 47.1 Å². The number of hydrogen-bond donors (Lipinski definition) is 1. The Morgan fingerprint density at radius 3 is 2.38 bits per heavy atom. The molecule has 4 rings (SSSR count). The largest absolute Gasteiger partial charge is 0.322 e. The zero-order valence-electron chi connectivity index (χ0n) is 17.5. The number of aryl methyl sites for hydroxylation is 2. The van der Waals surface area contributed by atoms with Crippen LogP contribution in [0, 0.1) is 13.8 Å². The number of rotatable bonds is 5. The lowest BCUT2D eigenvalue weighted by Crippen LogP contribution is -2.20. The molecular formula is C25H20ClN3O2S. The minimum Gasteiger partial charge on any atom is -0.322 e. The smallest absolute Gasteiger partial charge is 0.271 e. The van der Waals surface area contributed by atoms with Crippen molar-refractivity contribution in [3.8, 4) is 5.69 Å². The molecule has 4 aromatic rings. The molecule has 0 aliphatic heterocycles. The van der Waals surface area contributed by atoms with Crippen LogP contribution in [0.15, 0.2) is 93.6 Å². The Labute approximate surface area is 195 Å². The van der Waals surface area contributed by atoms with Crippen LogP contribution in [-0.4, -0.2) is 15.7 Å². The molecule has 0 unspecified atom stereocenters. The van der Waals surface area contributed by atoms with Crippen molar-refractivity contribution in [2.75, 3.05) is 5.32 Å². The van der Waals surface area contributed by atoms with Crippen molar-refractivity contribution in [2.45, 2.75) is 23.8 Å². The summed E-state index contributed by atoms with van der Waals surface area (Å²) in [5, 5.41) is 8.59. The Balaban J connectivity index is 1.54. The molecular weight excluding hydrogens is 442 g/mol. The molecule has 1 amide bonds. The minimum atomic E-state index is -0.258. The number of carbonyl (C=O) groups is 1. The number of nitrogens with zero attached hydrogens (tertiary/aromatic N) is 2. The van der Waals surface area contributed by atoms with E-state index in [0.29, 0.717) is 27.0 Å². The molecule has 1 N–H and O–H groups in total. The van der Waals surface area contributed by atoms with Crippen molar-refractivity contribution < 1.29 is 4.79 Å². The van der Waals surface area contributed by atoms with Gasteiger partial charge in [-0.15, -0.1) is 0 Å². The van der Waals surface area contributed by atoms with Gasteiger partial charge in [-0.2, -0.15) is 9.78 Å². The molecule has 0 aliphatic carbocycles. The Morgan fingerprint density at radius 2 is 1.66 bits per heavy atom. The van der Waals surface area contributed by atoms with Crippen molar-refractivity contribution in [3.05, 3.63) is 111 Å². The third-order valence-corrected chi connectivity index (χ3v) is 6.01. The molecule has 3 aromatic carbocycles. The summed E-state index contributed by atoms with van der Waals surface area (Å²) in [4.78, 5) is 26.1. The third-order valence-electron chi connectivity index (χ3n) is 4.84. The van der Waals surface area contributed by atoms with E-state index in [1.165, 1.54) is 28.1 Å². The first-order valence-electron chi connectivity index (χ1n) is 9.92. The van der Waals surface area contributed by atoms with Gasteiger partial charge in [0.1, 0.15) is 5.03 Å². The molecule has 5 nitrogen and oxygen atoms in total. The van der Waals surface area contributed by atoms with Gasteiger partial charge in [-0.3, -0.25) is 9.59 Å². The maximum atomic E-state index is 12.6. The molecule has 0 aliphatic rings. The van der Waals surface area contributed by atoms with Crippen molar-refractivity contribution in [3.63, 3.8) is 0 Å². The van der Waals surface area contributed by atoms with Crippen LogP contribution in [0.25, 0.3) is 5.69 Å². The Hall–Kier alpha value is -3.35. The lowest BCUT2D eigenvalue weighted by atomic mass is 10.1. The predicted octanol–water partition coefficient (Wildman–Crippen LogP) is 5.91. The molecule has 0 radical (unpaired) electrons. The van der Waals surface area contributed by atoms with Gasteiger partial charge in [0.05, 0.1) is 5.69 Å². The van der Waals surface area contributed by atoms with Crippen LogP contribution >= 0.6 is 23.4 Å². The van der Waals surface area contributed by atoms with E-state index in [1.54, 1.807) is 42.5 Å². The summed E-state index contributed by atoms with van der Waals surface area (Å²) in [6, 6.07) is 23.4. The lowest BCUT2D eigenvalue weighted by Gasteiger charge is -2.10. The van der Waals surface area contributed by atoms with E-state index in [4.69, 9.17) is 11.6 Å². The summed E-state index contributed by atoms with van der Waals surface area (Å²) >= 11 is 7.51. The summed E-state index contributed by atoms with van der Waals surface area (Å²) in [6.45, 7) is 3.93. The number of hydrogen-bond acceptors (Lipinski definition) is 4. The van der Waals surface area contributed by atoms with Gasteiger partial charge in [0.2, 0.25) is 0 Å². The first kappa shape index (κ1) is 21.9. The van der Waals surface area contributed by atoms with Gasteiger partial charge in [0.15, 0.2) is 0 Å². The van der Waals surface area contributed by atoms with Crippen molar-refractivity contribution in [1.29, 1.82) is 0 Å². The fraction of sp³-hybridized carbons (Fsp3) is 0.0800. The maximum Gasteiger partial charge on any atom is 0.271 e. The average molecular weight is 462 g/mol. The molecule has 1 aromatic heterocycles. The van der Waals surface area contributed by atoms with E-state index in [9.17, 15) is 9.59 Å². The Kier molecular flexibility index (Phi) is 6.44. The Morgan fingerprint density at radius 1 is 0.938 bits per heavy atom. The number of benzene rings is 3. The van der Waals surface area contributed by atoms with Crippen molar-refractivity contribution in [1.82, 2.24) is 9.78 Å². The highest BCUT2D eigenvalue weighted by Gasteiger charge is 2.10. The van der Waals surface area contributed by atoms with Gasteiger partial charge < -0.3 is 5.32 Å². The molecule has 160 valence electrons. The molecule has 0 saturated heterocycles. The summed E-state index contributed by atoms with van der Waals surface area (Å²) in [5.41, 5.74) is 3.55. The second-order valence-corrected chi connectivity index (χ2v) is 8.83. The topological polar surface area (TPSA) is 64.0 Å². The first-order chi connectivity index (χ1) is 15.4. The van der Waals surface area contributed by atoms with Gasteiger partial charge in [-0.05, 0) is 74.0 Å². The molecule has 0 spiro atoms. The predicted molar refractivity (Wildman–Crippen MR) is 129 cm³/mol. The second kappa shape index (κ2) is 9.42. The van der Waals surface area contributed by atoms with Crippen LogP contribution < -0.4 is 10.9 Å². The van der Waals surface area contributed by atoms with Crippen molar-refractivity contribution >= 4 is 35.0 Å². The number of carbonyl (C=O) groups excluding carboxylic acids is 1. The Bertz CT molecular complexity index is 1330. The highest BCUT2D eigenvalue weighted by Crippen LogP contribution is 2.26. The van der Waals surface area contributed by atoms with Gasteiger partial charge >= 0.3 is 0 Å². The van der Waals surface area contributed by atoms with Crippen LogP contribution in [-0.2, 0) is 0 Å². The molecule has 32 heavy (non-hydrogen) atoms. The van der Waals surface area contributed by atoms with Crippen LogP contribution in [0.2, 0.25) is 5.02 Å². The number of nitrogens with one attached hydrogen (secondary N) is 1. The quantitative estimate of drug-likeness (QED) is 0.401. The summed E-state index contributed by atoms with van der Waals surface area (Å²) in [7, 11) is 0. The average Bonchev–Trinajstić information content (AvgIpc) is 2.79. The monoisotopic (exact) mass is 461 g/mol. The summed E-state index contributed by atoms with van der Waals surface area (Å²) in [6.07, 6.45) is 0. The number of anilines is 1. The SMILES string of the molecule is Cc1ccc(Sc2ccc(=O)n(-c3ccc(C(=O)Nc4cc(Cl)ccc4C)cc3)n2)cc1. The highest BCUT2D eigenvalue weighted by molar-refractivity contribution is 7.99. The van der Waals surface area contributed by atoms with Gasteiger partial charge in [0, 0.05) is 27.2 Å². The van der Waals surface area contributed by atoms with E-state index in [2.05, 4.69) is 10.4 Å². The van der Waals surface area contributed by atoms with Crippen molar-refractivity contribution in [2.24, 2.45) is 0 Å². The van der Waals surface area contributed by atoms with E-state index in [-0.39, 0.29) is 11.5 Å². The summed E-state index contributed by atoms with van der Waals surface area (Å²) in [5.74, 6) is -0.258. The number of halogens is 1. The number of amides is 1.